The maximum Gasteiger partial charge on any atom is 0.0176 e. The Kier molecular flexibility index (Phi) is 1.74. The fraction of sp³-hybridized carbons (Fsp3) is 0.200. The van der Waals surface area contributed by atoms with Gasteiger partial charge in [-0.1, -0.05) is 42.5 Å². The van der Waals surface area contributed by atoms with E-state index in [1.165, 1.54) is 0 Å². The van der Waals surface area contributed by atoms with E-state index >= 15 is 0 Å². The van der Waals surface area contributed by atoms with E-state index in [0.29, 0.717) is 11.8 Å². The lowest BCUT2D eigenvalue weighted by atomic mass is 9.85. The summed E-state index contributed by atoms with van der Waals surface area (Å²) >= 11 is 4.41. The summed E-state index contributed by atoms with van der Waals surface area (Å²) in [7, 11) is 0. The molecule has 0 radical (unpaired) electrons. The van der Waals surface area contributed by atoms with E-state index in [-0.39, 0.29) is 0 Å². The highest BCUT2D eigenvalue weighted by atomic mass is 32.1. The second-order valence-corrected chi connectivity index (χ2v) is 3.37. The van der Waals surface area contributed by atoms with Crippen molar-refractivity contribution in [2.75, 3.05) is 0 Å². The highest BCUT2D eigenvalue weighted by Gasteiger charge is 2.19. The normalized spacial score (nSPS) is 33.4. The standard InChI is InChI=1S/C10H10S/c11-10-7-3-5-8-4-1-2-6-9(8)10/h1-9,11H. The molecule has 0 spiro atoms. The van der Waals surface area contributed by atoms with Crippen molar-refractivity contribution in [3.8, 4) is 0 Å². The van der Waals surface area contributed by atoms with Crippen LogP contribution in [0.25, 0.3) is 0 Å². The Morgan fingerprint density at radius 2 is 1.73 bits per heavy atom. The van der Waals surface area contributed by atoms with E-state index in [2.05, 4.69) is 55.2 Å². The molecule has 2 aliphatic rings. The minimum absolute atomic E-state index is 0.494. The first-order chi connectivity index (χ1) is 5.38. The van der Waals surface area contributed by atoms with Crippen molar-refractivity contribution in [3.05, 3.63) is 47.4 Å². The highest BCUT2D eigenvalue weighted by molar-refractivity contribution is 7.84. The zero-order valence-corrected chi connectivity index (χ0v) is 7.04. The third-order valence-corrected chi connectivity index (χ3v) is 2.57. The topological polar surface area (TPSA) is 0 Å². The van der Waals surface area contributed by atoms with Gasteiger partial charge >= 0.3 is 0 Å². The quantitative estimate of drug-likeness (QED) is 0.520. The van der Waals surface area contributed by atoms with E-state index < -0.39 is 0 Å². The van der Waals surface area contributed by atoms with Gasteiger partial charge in [-0.2, -0.15) is 0 Å². The first-order valence-corrected chi connectivity index (χ1v) is 4.25. The number of rotatable bonds is 0. The molecule has 0 saturated heterocycles. The van der Waals surface area contributed by atoms with Gasteiger partial charge in [-0.3, -0.25) is 0 Å². The molecule has 2 aliphatic carbocycles. The van der Waals surface area contributed by atoms with Gasteiger partial charge in [0, 0.05) is 11.8 Å². The first kappa shape index (κ1) is 6.99. The SMILES string of the molecule is SC1=CC=CC2C=CC=CC12. The van der Waals surface area contributed by atoms with Gasteiger partial charge in [0.25, 0.3) is 0 Å². The molecule has 0 N–H and O–H groups in total. The smallest absolute Gasteiger partial charge is 0.0176 e. The summed E-state index contributed by atoms with van der Waals surface area (Å²) in [5.74, 6) is 1.03. The largest absolute Gasteiger partial charge is 0.147 e. The van der Waals surface area contributed by atoms with E-state index in [1.54, 1.807) is 0 Å². The molecule has 56 valence electrons. The molecule has 0 aromatic carbocycles. The van der Waals surface area contributed by atoms with Crippen molar-refractivity contribution >= 4 is 12.6 Å². The van der Waals surface area contributed by atoms with Gasteiger partial charge in [0.05, 0.1) is 0 Å². The molecule has 0 heterocycles. The molecule has 2 rings (SSSR count). The molecule has 1 heteroatoms. The molecule has 0 fully saturated rings. The lowest BCUT2D eigenvalue weighted by Gasteiger charge is -2.23. The lowest BCUT2D eigenvalue weighted by Crippen LogP contribution is -2.12. The van der Waals surface area contributed by atoms with Crippen LogP contribution < -0.4 is 0 Å². The number of allylic oxidation sites excluding steroid dienone is 8. The molecule has 0 saturated carbocycles. The van der Waals surface area contributed by atoms with E-state index in [9.17, 15) is 0 Å². The summed E-state index contributed by atoms with van der Waals surface area (Å²) in [5, 5.41) is 0. The van der Waals surface area contributed by atoms with Crippen LogP contribution in [0.4, 0.5) is 0 Å². The Balaban J connectivity index is 2.33. The molecule has 0 aromatic heterocycles. The van der Waals surface area contributed by atoms with Crippen LogP contribution in [0.15, 0.2) is 47.4 Å². The Hall–Kier alpha value is -0.690. The van der Waals surface area contributed by atoms with Crippen molar-refractivity contribution in [2.24, 2.45) is 11.8 Å². The van der Waals surface area contributed by atoms with Gasteiger partial charge in [0.1, 0.15) is 0 Å². The summed E-state index contributed by atoms with van der Waals surface area (Å²) < 4.78 is 0. The van der Waals surface area contributed by atoms with Crippen molar-refractivity contribution in [1.82, 2.24) is 0 Å². The summed E-state index contributed by atoms with van der Waals surface area (Å²) in [6, 6.07) is 0. The Bertz CT molecular complexity index is 269. The minimum Gasteiger partial charge on any atom is -0.147 e. The number of fused-ring (bicyclic) bond motifs is 1. The Labute approximate surface area is 72.4 Å². The van der Waals surface area contributed by atoms with Crippen LogP contribution in [0, 0.1) is 11.8 Å². The van der Waals surface area contributed by atoms with Gasteiger partial charge in [-0.25, -0.2) is 0 Å². The molecule has 0 aromatic rings. The maximum atomic E-state index is 4.41. The predicted molar refractivity (Wildman–Crippen MR) is 51.5 cm³/mol. The van der Waals surface area contributed by atoms with Gasteiger partial charge < -0.3 is 0 Å². The van der Waals surface area contributed by atoms with Gasteiger partial charge in [-0.05, 0) is 4.91 Å². The predicted octanol–water partition coefficient (Wildman–Crippen LogP) is 2.73. The van der Waals surface area contributed by atoms with Crippen LogP contribution in [0.2, 0.25) is 0 Å². The van der Waals surface area contributed by atoms with Crippen LogP contribution in [0.3, 0.4) is 0 Å². The third-order valence-electron chi connectivity index (χ3n) is 2.12. The Morgan fingerprint density at radius 1 is 1.00 bits per heavy atom. The average molecular weight is 162 g/mol. The van der Waals surface area contributed by atoms with Crippen molar-refractivity contribution in [2.45, 2.75) is 0 Å². The molecule has 0 amide bonds. The molecule has 11 heavy (non-hydrogen) atoms. The average Bonchev–Trinajstić information content (AvgIpc) is 2.06. The second-order valence-electron chi connectivity index (χ2n) is 2.85. The highest BCUT2D eigenvalue weighted by Crippen LogP contribution is 2.32. The van der Waals surface area contributed by atoms with Crippen LogP contribution >= 0.6 is 12.6 Å². The van der Waals surface area contributed by atoms with Gasteiger partial charge in [0.15, 0.2) is 0 Å². The molecular weight excluding hydrogens is 152 g/mol. The summed E-state index contributed by atoms with van der Waals surface area (Å²) in [6.45, 7) is 0. The number of thiol groups is 1. The third kappa shape index (κ3) is 1.21. The number of hydrogen-bond donors (Lipinski definition) is 1. The molecule has 2 atom stereocenters. The first-order valence-electron chi connectivity index (χ1n) is 3.80. The summed E-state index contributed by atoms with van der Waals surface area (Å²) in [5.41, 5.74) is 0. The van der Waals surface area contributed by atoms with Crippen LogP contribution in [0.5, 0.6) is 0 Å². The van der Waals surface area contributed by atoms with Gasteiger partial charge in [-0.15, -0.1) is 12.6 Å². The van der Waals surface area contributed by atoms with Crippen molar-refractivity contribution in [3.63, 3.8) is 0 Å². The Morgan fingerprint density at radius 3 is 2.55 bits per heavy atom. The summed E-state index contributed by atoms with van der Waals surface area (Å²) in [4.78, 5) is 1.16. The molecular formula is C10H10S. The number of hydrogen-bond acceptors (Lipinski definition) is 1. The molecule has 0 nitrogen and oxygen atoms in total. The monoisotopic (exact) mass is 162 g/mol. The zero-order valence-electron chi connectivity index (χ0n) is 6.14. The van der Waals surface area contributed by atoms with Crippen LogP contribution in [-0.4, -0.2) is 0 Å². The van der Waals surface area contributed by atoms with Crippen LogP contribution in [-0.2, 0) is 0 Å². The summed E-state index contributed by atoms with van der Waals surface area (Å²) in [6.07, 6.45) is 14.9. The molecule has 0 bridgehead atoms. The second kappa shape index (κ2) is 2.74. The van der Waals surface area contributed by atoms with Crippen molar-refractivity contribution in [1.29, 1.82) is 0 Å². The minimum atomic E-state index is 0.494. The molecule has 0 aliphatic heterocycles. The van der Waals surface area contributed by atoms with E-state index in [0.717, 1.165) is 4.91 Å². The van der Waals surface area contributed by atoms with E-state index in [4.69, 9.17) is 0 Å². The zero-order chi connectivity index (χ0) is 7.68. The fourth-order valence-electron chi connectivity index (χ4n) is 1.50. The molecule has 2 unspecified atom stereocenters. The fourth-order valence-corrected chi connectivity index (χ4v) is 1.84. The van der Waals surface area contributed by atoms with Crippen molar-refractivity contribution < 1.29 is 0 Å². The lowest BCUT2D eigenvalue weighted by molar-refractivity contribution is 0.652. The van der Waals surface area contributed by atoms with Crippen LogP contribution in [0.1, 0.15) is 0 Å². The van der Waals surface area contributed by atoms with E-state index in [1.807, 2.05) is 0 Å². The maximum absolute atomic E-state index is 4.41. The van der Waals surface area contributed by atoms with Gasteiger partial charge in [0.2, 0.25) is 0 Å².